The average Bonchev–Trinajstić information content (AvgIpc) is 3.12. The molecule has 0 unspecified atom stereocenters. The summed E-state index contributed by atoms with van der Waals surface area (Å²) < 4.78 is 0.641. The van der Waals surface area contributed by atoms with Crippen LogP contribution in [0.5, 0.6) is 0 Å². The highest BCUT2D eigenvalue weighted by Crippen LogP contribution is 2.28. The summed E-state index contributed by atoms with van der Waals surface area (Å²) in [6.07, 6.45) is 6.69. The summed E-state index contributed by atoms with van der Waals surface area (Å²) >= 11 is 8.38. The van der Waals surface area contributed by atoms with E-state index in [0.717, 1.165) is 42.7 Å². The molecule has 4 aliphatic heterocycles. The van der Waals surface area contributed by atoms with Crippen molar-refractivity contribution >= 4 is 69.4 Å². The summed E-state index contributed by atoms with van der Waals surface area (Å²) in [7, 11) is 0. The first-order valence-electron chi connectivity index (χ1n) is 17.2. The van der Waals surface area contributed by atoms with Crippen molar-refractivity contribution in [1.29, 1.82) is 0 Å². The van der Waals surface area contributed by atoms with E-state index in [1.54, 1.807) is 23.1 Å². The minimum atomic E-state index is -0.999. The van der Waals surface area contributed by atoms with Gasteiger partial charge in [-0.25, -0.2) is 9.59 Å². The first-order chi connectivity index (χ1) is 23.3. The summed E-state index contributed by atoms with van der Waals surface area (Å²) in [4.78, 5) is 61.9. The van der Waals surface area contributed by atoms with Gasteiger partial charge in [0.05, 0.1) is 6.42 Å². The van der Waals surface area contributed by atoms with Gasteiger partial charge in [-0.2, -0.15) is 0 Å². The molecule has 13 heteroatoms. The van der Waals surface area contributed by atoms with E-state index in [0.29, 0.717) is 66.7 Å². The lowest BCUT2D eigenvalue weighted by atomic mass is 9.98. The Morgan fingerprint density at radius 1 is 0.896 bits per heavy atom. The maximum absolute atomic E-state index is 14.0. The second kappa shape index (κ2) is 16.1. The summed E-state index contributed by atoms with van der Waals surface area (Å²) in [6, 6.07) is 11.9. The van der Waals surface area contributed by atoms with E-state index < -0.39 is 12.1 Å². The first-order valence-corrected chi connectivity index (χ1v) is 19.1. The fourth-order valence-corrected chi connectivity index (χ4v) is 8.34. The van der Waals surface area contributed by atoms with E-state index in [2.05, 4.69) is 43.4 Å². The van der Waals surface area contributed by atoms with Gasteiger partial charge in [-0.1, -0.05) is 58.8 Å². The molecule has 0 aliphatic carbocycles. The zero-order valence-corrected chi connectivity index (χ0v) is 30.2. The summed E-state index contributed by atoms with van der Waals surface area (Å²) in [5.74, 6) is -0.400. The number of halogens is 2. The number of likely N-dealkylation sites (tertiary alicyclic amines) is 3. The molecule has 4 heterocycles. The Morgan fingerprint density at radius 3 is 2.31 bits per heavy atom. The Labute approximate surface area is 301 Å². The topological polar surface area (TPSA) is 117 Å². The third-order valence-corrected chi connectivity index (χ3v) is 11.3. The SMILES string of the molecule is O=C(Nc1ccc(Cl)cc1CI)N[C@@H](CC(=O)N1CCC(N2Cc3ccccc3NC2=O)CC1)C(=O)N1CCC(N2CCCCC2)CC1. The van der Waals surface area contributed by atoms with Gasteiger partial charge in [-0.15, -0.1) is 0 Å². The number of urea groups is 2. The number of amides is 6. The molecule has 0 radical (unpaired) electrons. The fourth-order valence-electron chi connectivity index (χ4n) is 7.51. The predicted molar refractivity (Wildman–Crippen MR) is 195 cm³/mol. The Kier molecular flexibility index (Phi) is 11.6. The van der Waals surface area contributed by atoms with E-state index in [1.165, 1.54) is 19.3 Å². The van der Waals surface area contributed by atoms with E-state index in [4.69, 9.17) is 11.6 Å². The van der Waals surface area contributed by atoms with Gasteiger partial charge in [0.25, 0.3) is 0 Å². The van der Waals surface area contributed by atoms with E-state index in [1.807, 2.05) is 34.1 Å². The second-order valence-electron chi connectivity index (χ2n) is 13.3. The zero-order chi connectivity index (χ0) is 33.6. The van der Waals surface area contributed by atoms with Crippen molar-refractivity contribution in [2.75, 3.05) is 49.9 Å². The van der Waals surface area contributed by atoms with Crippen molar-refractivity contribution in [1.82, 2.24) is 24.9 Å². The summed E-state index contributed by atoms with van der Waals surface area (Å²) in [5.41, 5.74) is 3.39. The number of nitrogens with zero attached hydrogens (tertiary/aromatic N) is 4. The van der Waals surface area contributed by atoms with E-state index in [9.17, 15) is 19.2 Å². The standard InChI is InChI=1S/C35H45ClIN7O4/c36-26-8-9-30(25(20-26)22-37)38-34(47)39-31(33(46)43-18-10-27(11-19-43)41-14-4-1-5-15-41)21-32(45)42-16-12-28(13-17-42)44-23-24-6-2-3-7-29(24)40-35(44)48/h2-3,6-9,20,27-28,31H,1,4-5,10-19,21-23H2,(H,40,48)(H2,38,39,47)/t31-/m0/s1. The lowest BCUT2D eigenvalue weighted by Gasteiger charge is -2.41. The van der Waals surface area contributed by atoms with Crippen molar-refractivity contribution in [3.8, 4) is 0 Å². The summed E-state index contributed by atoms with van der Waals surface area (Å²) in [5, 5.41) is 9.29. The minimum Gasteiger partial charge on any atom is -0.342 e. The highest BCUT2D eigenvalue weighted by atomic mass is 127. The lowest BCUT2D eigenvalue weighted by molar-refractivity contribution is -0.140. The molecule has 0 saturated carbocycles. The zero-order valence-electron chi connectivity index (χ0n) is 27.3. The van der Waals surface area contributed by atoms with Crippen LogP contribution in [-0.4, -0.2) is 101 Å². The van der Waals surface area contributed by atoms with Crippen LogP contribution in [-0.2, 0) is 20.6 Å². The number of carbonyl (C=O) groups excluding carboxylic acids is 4. The van der Waals surface area contributed by atoms with Gasteiger partial charge in [0, 0.05) is 65.6 Å². The number of piperidine rings is 3. The summed E-state index contributed by atoms with van der Waals surface area (Å²) in [6.45, 7) is 4.95. The quantitative estimate of drug-likeness (QED) is 0.236. The number of alkyl halides is 1. The van der Waals surface area contributed by atoms with Crippen molar-refractivity contribution < 1.29 is 19.2 Å². The molecule has 1 atom stereocenters. The molecule has 2 aromatic rings. The maximum Gasteiger partial charge on any atom is 0.322 e. The molecule has 0 bridgehead atoms. The number of carbonyl (C=O) groups is 4. The Hall–Kier alpha value is -3.10. The molecule has 3 saturated heterocycles. The molecule has 3 N–H and O–H groups in total. The number of fused-ring (bicyclic) bond motifs is 1. The molecule has 48 heavy (non-hydrogen) atoms. The highest BCUT2D eigenvalue weighted by Gasteiger charge is 2.36. The van der Waals surface area contributed by atoms with Crippen LogP contribution in [0.1, 0.15) is 62.5 Å². The molecule has 4 aliphatic rings. The number of para-hydroxylation sites is 1. The van der Waals surface area contributed by atoms with Gasteiger partial charge in [-0.3, -0.25) is 9.59 Å². The van der Waals surface area contributed by atoms with Gasteiger partial charge in [0.2, 0.25) is 11.8 Å². The van der Waals surface area contributed by atoms with Crippen LogP contribution in [0.3, 0.4) is 0 Å². The predicted octanol–water partition coefficient (Wildman–Crippen LogP) is 5.67. The Balaban J connectivity index is 1.09. The van der Waals surface area contributed by atoms with Gasteiger partial charge in [0.15, 0.2) is 0 Å². The number of hydrogen-bond acceptors (Lipinski definition) is 5. The van der Waals surface area contributed by atoms with Crippen LogP contribution in [0, 0.1) is 0 Å². The molecule has 3 fully saturated rings. The molecule has 2 aromatic carbocycles. The van der Waals surface area contributed by atoms with Crippen molar-refractivity contribution in [2.24, 2.45) is 0 Å². The molecular weight excluding hydrogens is 745 g/mol. The Morgan fingerprint density at radius 2 is 1.58 bits per heavy atom. The van der Waals surface area contributed by atoms with Crippen molar-refractivity contribution in [2.45, 2.75) is 80.5 Å². The number of nitrogens with one attached hydrogen (secondary N) is 3. The van der Waals surface area contributed by atoms with Gasteiger partial charge in [0.1, 0.15) is 6.04 Å². The number of anilines is 2. The van der Waals surface area contributed by atoms with Crippen LogP contribution < -0.4 is 16.0 Å². The van der Waals surface area contributed by atoms with Crippen LogP contribution in [0.4, 0.5) is 21.0 Å². The third kappa shape index (κ3) is 8.36. The maximum atomic E-state index is 14.0. The normalized spacial score (nSPS) is 20.1. The molecule has 258 valence electrons. The van der Waals surface area contributed by atoms with E-state index >= 15 is 0 Å². The molecule has 6 rings (SSSR count). The number of hydrogen-bond donors (Lipinski definition) is 3. The second-order valence-corrected chi connectivity index (χ2v) is 14.5. The largest absolute Gasteiger partial charge is 0.342 e. The smallest absolute Gasteiger partial charge is 0.322 e. The molecule has 0 spiro atoms. The van der Waals surface area contributed by atoms with E-state index in [-0.39, 0.29) is 30.3 Å². The minimum absolute atomic E-state index is 0.0106. The fraction of sp³-hybridized carbons (Fsp3) is 0.543. The third-order valence-electron chi connectivity index (χ3n) is 10.2. The van der Waals surface area contributed by atoms with Crippen molar-refractivity contribution in [3.05, 3.63) is 58.6 Å². The van der Waals surface area contributed by atoms with Gasteiger partial charge < -0.3 is 35.6 Å². The van der Waals surface area contributed by atoms with Gasteiger partial charge >= 0.3 is 12.1 Å². The molecule has 11 nitrogen and oxygen atoms in total. The molecular formula is C35H45ClIN7O4. The monoisotopic (exact) mass is 789 g/mol. The first kappa shape index (κ1) is 34.8. The molecule has 0 aromatic heterocycles. The molecule has 6 amide bonds. The van der Waals surface area contributed by atoms with Crippen LogP contribution >= 0.6 is 34.2 Å². The van der Waals surface area contributed by atoms with Crippen LogP contribution in [0.15, 0.2) is 42.5 Å². The number of benzene rings is 2. The van der Waals surface area contributed by atoms with Crippen LogP contribution in [0.2, 0.25) is 5.02 Å². The van der Waals surface area contributed by atoms with Gasteiger partial charge in [-0.05, 0) is 87.0 Å². The highest BCUT2D eigenvalue weighted by molar-refractivity contribution is 14.1. The lowest BCUT2D eigenvalue weighted by Crippen LogP contribution is -2.56. The number of rotatable bonds is 8. The van der Waals surface area contributed by atoms with Crippen LogP contribution in [0.25, 0.3) is 0 Å². The van der Waals surface area contributed by atoms with Crippen molar-refractivity contribution in [3.63, 3.8) is 0 Å². The Bertz CT molecular complexity index is 1490. The average molecular weight is 790 g/mol.